The number of ether oxygens (including phenoxy) is 4. The average molecular weight is 555 g/mol. The van der Waals surface area contributed by atoms with Crippen molar-refractivity contribution in [2.24, 2.45) is 0 Å². The van der Waals surface area contributed by atoms with Crippen molar-refractivity contribution in [1.29, 1.82) is 0 Å². The summed E-state index contributed by atoms with van der Waals surface area (Å²) in [6.07, 6.45) is 1.28. The Hall–Kier alpha value is -3.23. The molecule has 4 aromatic rings. The zero-order valence-corrected chi connectivity index (χ0v) is 23.8. The van der Waals surface area contributed by atoms with Crippen LogP contribution in [-0.4, -0.2) is 50.2 Å². The van der Waals surface area contributed by atoms with Crippen molar-refractivity contribution in [3.63, 3.8) is 0 Å². The summed E-state index contributed by atoms with van der Waals surface area (Å²) >= 11 is 0. The topological polar surface area (TPSA) is 166 Å². The Labute approximate surface area is 239 Å². The molecule has 2 heterocycles. The first kappa shape index (κ1) is 29.3. The first-order valence-corrected chi connectivity index (χ1v) is 12.3. The third kappa shape index (κ3) is 6.25. The molecule has 0 radical (unpaired) electrons. The van der Waals surface area contributed by atoms with E-state index in [2.05, 4.69) is 9.17 Å². The first-order valence-electron chi connectivity index (χ1n) is 11.0. The maximum Gasteiger partial charge on any atom is 1.00 e. The van der Waals surface area contributed by atoms with Gasteiger partial charge in [-0.3, -0.25) is 0 Å². The van der Waals surface area contributed by atoms with E-state index >= 15 is 0 Å². The van der Waals surface area contributed by atoms with Crippen molar-refractivity contribution in [2.45, 2.75) is 20.5 Å². The minimum atomic E-state index is -5.02. The normalized spacial score (nSPS) is 11.2. The van der Waals surface area contributed by atoms with Gasteiger partial charge in [-0.05, 0) is 38.1 Å². The molecule has 0 bridgehead atoms. The third-order valence-corrected chi connectivity index (χ3v) is 5.65. The molecule has 1 N–H and O–H groups in total. The van der Waals surface area contributed by atoms with Gasteiger partial charge in [-0.2, -0.15) is 0 Å². The Balaban J connectivity index is 0.00000400. The molecule has 0 saturated heterocycles. The molecule has 0 saturated carbocycles. The van der Waals surface area contributed by atoms with Gasteiger partial charge < -0.3 is 37.1 Å². The van der Waals surface area contributed by atoms with Crippen LogP contribution < -0.4 is 43.2 Å². The molecular weight excluding hydrogens is 533 g/mol. The van der Waals surface area contributed by atoms with Crippen LogP contribution in [-0.2, 0) is 26.5 Å². The van der Waals surface area contributed by atoms with Gasteiger partial charge in [-0.25, -0.2) is 18.0 Å². The number of H-pyrrole nitrogens is 1. The fourth-order valence-electron chi connectivity index (χ4n) is 3.77. The standard InChI is InChI=1S/C24H23NO11S.Na/c1-4-32-23(26)16-11-34-19-10-20(31-3)21(9-14(16)19)35-12-18-22(24(27)33-5-2)15-8-13(36-37(28,29)30)6-7-17(15)25-18;/h6-11,25H,4-5,12H2,1-3H3,(H,28,29,30);/q;+1/p-1. The maximum absolute atomic E-state index is 12.8. The molecule has 0 amide bonds. The SMILES string of the molecule is CCOC(=O)c1c(COc2cc3c(C(=O)OCC)coc3cc2OC)[nH]c2ccc(OS(=O)(=O)[O-])cc12.[Na+]. The number of furan rings is 1. The molecule has 0 aliphatic rings. The summed E-state index contributed by atoms with van der Waals surface area (Å²) in [5.41, 5.74) is 1.41. The van der Waals surface area contributed by atoms with Crippen LogP contribution in [0, 0.1) is 0 Å². The third-order valence-electron chi connectivity index (χ3n) is 5.25. The molecule has 12 nitrogen and oxygen atoms in total. The van der Waals surface area contributed by atoms with Crippen LogP contribution in [0.1, 0.15) is 40.3 Å². The summed E-state index contributed by atoms with van der Waals surface area (Å²) in [7, 11) is -3.59. The molecule has 0 aliphatic carbocycles. The molecule has 2 aromatic heterocycles. The fourth-order valence-corrected chi connectivity index (χ4v) is 4.10. The maximum atomic E-state index is 12.8. The van der Waals surface area contributed by atoms with Gasteiger partial charge in [-0.1, -0.05) is 0 Å². The molecule has 196 valence electrons. The Kier molecular flexibility index (Phi) is 9.33. The summed E-state index contributed by atoms with van der Waals surface area (Å²) in [6, 6.07) is 7.06. The molecule has 0 spiro atoms. The summed E-state index contributed by atoms with van der Waals surface area (Å²) in [6.45, 7) is 3.42. The van der Waals surface area contributed by atoms with Gasteiger partial charge in [0, 0.05) is 22.4 Å². The molecule has 14 heteroatoms. The van der Waals surface area contributed by atoms with Crippen molar-refractivity contribution in [1.82, 2.24) is 4.98 Å². The Morgan fingerprint density at radius 1 is 1.00 bits per heavy atom. The van der Waals surface area contributed by atoms with E-state index in [1.54, 1.807) is 26.0 Å². The monoisotopic (exact) mass is 555 g/mol. The van der Waals surface area contributed by atoms with E-state index in [1.165, 1.54) is 31.6 Å². The summed E-state index contributed by atoms with van der Waals surface area (Å²) < 4.78 is 64.5. The van der Waals surface area contributed by atoms with Crippen LogP contribution in [0.4, 0.5) is 0 Å². The minimum absolute atomic E-state index is 0. The van der Waals surface area contributed by atoms with E-state index in [0.717, 1.165) is 0 Å². The number of benzene rings is 2. The van der Waals surface area contributed by atoms with E-state index in [-0.39, 0.29) is 77.4 Å². The van der Waals surface area contributed by atoms with Crippen molar-refractivity contribution in [3.05, 3.63) is 53.4 Å². The van der Waals surface area contributed by atoms with Crippen LogP contribution in [0.15, 0.2) is 41.0 Å². The van der Waals surface area contributed by atoms with Gasteiger partial charge in [0.2, 0.25) is 0 Å². The van der Waals surface area contributed by atoms with Crippen molar-refractivity contribution < 1.29 is 79.7 Å². The van der Waals surface area contributed by atoms with E-state index in [4.69, 9.17) is 23.4 Å². The minimum Gasteiger partial charge on any atom is -0.716 e. The number of rotatable bonds is 10. The van der Waals surface area contributed by atoms with E-state index in [9.17, 15) is 22.6 Å². The second kappa shape index (κ2) is 12.1. The molecular formula is C24H22NNaO11S. The van der Waals surface area contributed by atoms with Crippen LogP contribution in [0.3, 0.4) is 0 Å². The zero-order chi connectivity index (χ0) is 26.7. The number of fused-ring (bicyclic) bond motifs is 2. The molecule has 38 heavy (non-hydrogen) atoms. The van der Waals surface area contributed by atoms with Crippen molar-refractivity contribution >= 4 is 44.2 Å². The molecule has 0 fully saturated rings. The van der Waals surface area contributed by atoms with Gasteiger partial charge in [-0.15, -0.1) is 0 Å². The van der Waals surface area contributed by atoms with Crippen LogP contribution in [0.2, 0.25) is 0 Å². The summed E-state index contributed by atoms with van der Waals surface area (Å²) in [5.74, 6) is -0.968. The van der Waals surface area contributed by atoms with E-state index < -0.39 is 22.3 Å². The van der Waals surface area contributed by atoms with Crippen molar-refractivity contribution in [2.75, 3.05) is 20.3 Å². The van der Waals surface area contributed by atoms with Gasteiger partial charge >= 0.3 is 41.5 Å². The molecule has 0 atom stereocenters. The number of carbonyl (C=O) groups excluding carboxylic acids is 2. The number of esters is 2. The number of aromatic nitrogens is 1. The molecule has 0 aliphatic heterocycles. The number of aromatic amines is 1. The van der Waals surface area contributed by atoms with Gasteiger partial charge in [0.15, 0.2) is 11.5 Å². The molecule has 2 aromatic carbocycles. The fraction of sp³-hybridized carbons (Fsp3) is 0.250. The quantitative estimate of drug-likeness (QED) is 0.127. The Morgan fingerprint density at radius 2 is 1.71 bits per heavy atom. The summed E-state index contributed by atoms with van der Waals surface area (Å²) in [5, 5.41) is 0.706. The smallest absolute Gasteiger partial charge is 0.716 e. The number of carbonyl (C=O) groups is 2. The van der Waals surface area contributed by atoms with E-state index in [1.807, 2.05) is 0 Å². The van der Waals surface area contributed by atoms with Gasteiger partial charge in [0.1, 0.15) is 29.8 Å². The number of hydrogen-bond acceptors (Lipinski definition) is 11. The predicted molar refractivity (Wildman–Crippen MR) is 128 cm³/mol. The largest absolute Gasteiger partial charge is 1.00 e. The van der Waals surface area contributed by atoms with Crippen LogP contribution in [0.5, 0.6) is 17.2 Å². The second-order valence-corrected chi connectivity index (χ2v) is 8.54. The van der Waals surface area contributed by atoms with E-state index in [0.29, 0.717) is 27.9 Å². The van der Waals surface area contributed by atoms with Gasteiger partial charge in [0.25, 0.3) is 10.4 Å². The Bertz CT molecular complexity index is 1590. The zero-order valence-electron chi connectivity index (χ0n) is 21.0. The van der Waals surface area contributed by atoms with Gasteiger partial charge in [0.05, 0.1) is 31.6 Å². The second-order valence-electron chi connectivity index (χ2n) is 7.56. The molecule has 4 rings (SSSR count). The Morgan fingerprint density at radius 3 is 2.37 bits per heavy atom. The van der Waals surface area contributed by atoms with Crippen molar-refractivity contribution in [3.8, 4) is 17.2 Å². The molecule has 0 unspecified atom stereocenters. The first-order chi connectivity index (χ1) is 17.6. The average Bonchev–Trinajstić information content (AvgIpc) is 3.41. The number of nitrogens with one attached hydrogen (secondary N) is 1. The van der Waals surface area contributed by atoms with Crippen LogP contribution in [0.25, 0.3) is 21.9 Å². The van der Waals surface area contributed by atoms with Crippen LogP contribution >= 0.6 is 0 Å². The summed E-state index contributed by atoms with van der Waals surface area (Å²) in [4.78, 5) is 28.1. The predicted octanol–water partition coefficient (Wildman–Crippen LogP) is 0.698. The number of hydrogen-bond donors (Lipinski definition) is 1. The number of methoxy groups -OCH3 is 1.